The highest BCUT2D eigenvalue weighted by molar-refractivity contribution is 6.14. The maximum atomic E-state index is 13.0. The number of aromatic nitrogens is 1. The number of aryl methyl sites for hydroxylation is 1. The topological polar surface area (TPSA) is 92.5 Å². The third-order valence-electron chi connectivity index (χ3n) is 6.53. The Morgan fingerprint density at radius 1 is 1.22 bits per heavy atom. The van der Waals surface area contributed by atoms with Crippen molar-refractivity contribution in [3.8, 4) is 5.75 Å². The highest BCUT2D eigenvalue weighted by Crippen LogP contribution is 2.38. The molecule has 2 aromatic rings. The summed E-state index contributed by atoms with van der Waals surface area (Å²) in [5.74, 6) is -0.498. The van der Waals surface area contributed by atoms with Crippen LogP contribution < -0.4 is 15.0 Å². The second-order valence-electron chi connectivity index (χ2n) is 8.36. The van der Waals surface area contributed by atoms with Crippen LogP contribution in [-0.4, -0.2) is 68.8 Å². The van der Waals surface area contributed by atoms with Crippen molar-refractivity contribution >= 4 is 28.5 Å². The number of likely N-dealkylation sites (tertiary alicyclic amines) is 1. The summed E-state index contributed by atoms with van der Waals surface area (Å²) in [6.45, 7) is 7.10. The van der Waals surface area contributed by atoms with Gasteiger partial charge in [-0.05, 0) is 26.0 Å². The second-order valence-corrected chi connectivity index (χ2v) is 8.36. The molecule has 1 amide bonds. The van der Waals surface area contributed by atoms with Crippen LogP contribution in [0.4, 0.5) is 5.69 Å². The Hall–Kier alpha value is -2.62. The predicted molar refractivity (Wildman–Crippen MR) is 118 cm³/mol. The highest BCUT2D eigenvalue weighted by atomic mass is 16.7. The van der Waals surface area contributed by atoms with Gasteiger partial charge in [0.15, 0.2) is 12.3 Å². The first-order chi connectivity index (χ1) is 15.4. The molecule has 2 aliphatic rings. The number of carbonyl (C=O) groups is 2. The van der Waals surface area contributed by atoms with Crippen LogP contribution in [-0.2, 0) is 26.1 Å². The van der Waals surface area contributed by atoms with Crippen LogP contribution in [0.1, 0.15) is 35.8 Å². The van der Waals surface area contributed by atoms with Crippen LogP contribution in [0.5, 0.6) is 5.75 Å². The van der Waals surface area contributed by atoms with Crippen molar-refractivity contribution in [2.45, 2.75) is 32.5 Å². The molecule has 1 aromatic carbocycles. The number of piperidine rings is 1. The van der Waals surface area contributed by atoms with Crippen molar-refractivity contribution in [3.05, 3.63) is 23.4 Å². The number of benzene rings is 1. The van der Waals surface area contributed by atoms with Crippen molar-refractivity contribution in [2.24, 2.45) is 7.05 Å². The predicted octanol–water partition coefficient (Wildman–Crippen LogP) is 1.03. The number of ether oxygens (including phenoxy) is 4. The number of rotatable bonds is 6. The first-order valence-corrected chi connectivity index (χ1v) is 11.1. The number of fused-ring (bicyclic) bond motifs is 1. The number of nitrogens with zero attached hydrogens (tertiary/aromatic N) is 1. The van der Waals surface area contributed by atoms with E-state index in [1.807, 2.05) is 24.6 Å². The number of nitrogens with one attached hydrogen (secondary N) is 2. The fourth-order valence-electron chi connectivity index (χ4n) is 4.74. The largest absolute Gasteiger partial charge is 0.495 e. The van der Waals surface area contributed by atoms with Crippen LogP contribution >= 0.6 is 0 Å². The number of anilines is 1. The third kappa shape index (κ3) is 4.07. The van der Waals surface area contributed by atoms with Crippen molar-refractivity contribution in [2.75, 3.05) is 51.9 Å². The molecular formula is C23H32N3O6+. The Labute approximate surface area is 187 Å². The molecular weight excluding hydrogens is 414 g/mol. The molecule has 0 radical (unpaired) electrons. The van der Waals surface area contributed by atoms with Gasteiger partial charge in [0.1, 0.15) is 5.75 Å². The second kappa shape index (κ2) is 9.09. The standard InChI is InChI=1S/C23H31N3O6/c1-5-30-22(28)19-15(2)25(3)16-6-7-17(29-4)21(20(16)19)24-18(27)14-26-10-8-23(9-11-26)31-12-13-32-23/h6-7H,5,8-14H2,1-4H3,(H,24,27)/p+1. The molecule has 2 N–H and O–H groups in total. The van der Waals surface area contributed by atoms with Crippen molar-refractivity contribution in [3.63, 3.8) is 0 Å². The molecule has 4 rings (SSSR count). The van der Waals surface area contributed by atoms with E-state index in [2.05, 4.69) is 5.32 Å². The number of hydrogen-bond acceptors (Lipinski definition) is 6. The lowest BCUT2D eigenvalue weighted by Gasteiger charge is -2.34. The van der Waals surface area contributed by atoms with E-state index in [4.69, 9.17) is 18.9 Å². The molecule has 0 aliphatic carbocycles. The maximum absolute atomic E-state index is 13.0. The Kier molecular flexibility index (Phi) is 6.41. The van der Waals surface area contributed by atoms with Crippen LogP contribution in [0.2, 0.25) is 0 Å². The van der Waals surface area contributed by atoms with Gasteiger partial charge >= 0.3 is 5.97 Å². The summed E-state index contributed by atoms with van der Waals surface area (Å²) in [6.07, 6.45) is 1.55. The zero-order chi connectivity index (χ0) is 22.9. The van der Waals surface area contributed by atoms with Crippen molar-refractivity contribution in [1.82, 2.24) is 4.57 Å². The number of carbonyl (C=O) groups excluding carboxylic acids is 2. The van der Waals surface area contributed by atoms with Gasteiger partial charge in [0.25, 0.3) is 5.91 Å². The number of esters is 1. The first-order valence-electron chi connectivity index (χ1n) is 11.1. The van der Waals surface area contributed by atoms with Gasteiger partial charge in [-0.1, -0.05) is 0 Å². The zero-order valence-electron chi connectivity index (χ0n) is 19.2. The fraction of sp³-hybridized carbons (Fsp3) is 0.565. The lowest BCUT2D eigenvalue weighted by atomic mass is 10.0. The number of amides is 1. The van der Waals surface area contributed by atoms with Gasteiger partial charge in [-0.15, -0.1) is 0 Å². The third-order valence-corrected chi connectivity index (χ3v) is 6.53. The summed E-state index contributed by atoms with van der Waals surface area (Å²) < 4.78 is 24.3. The molecule has 3 heterocycles. The minimum atomic E-state index is -0.453. The maximum Gasteiger partial charge on any atom is 0.340 e. The summed E-state index contributed by atoms with van der Waals surface area (Å²) in [7, 11) is 3.44. The van der Waals surface area contributed by atoms with E-state index in [-0.39, 0.29) is 12.5 Å². The molecule has 1 aromatic heterocycles. The van der Waals surface area contributed by atoms with Crippen LogP contribution in [0.3, 0.4) is 0 Å². The SMILES string of the molecule is CCOC(=O)c1c(C)n(C)c2ccc(OC)c(NC(=O)C[NH+]3CCC4(CC3)OCCO4)c12. The molecule has 2 aliphatic heterocycles. The summed E-state index contributed by atoms with van der Waals surface area (Å²) in [4.78, 5) is 27.0. The van der Waals surface area contributed by atoms with Crippen LogP contribution in [0, 0.1) is 6.92 Å². The molecule has 174 valence electrons. The van der Waals surface area contributed by atoms with E-state index >= 15 is 0 Å². The molecule has 0 bridgehead atoms. The van der Waals surface area contributed by atoms with Gasteiger partial charge in [-0.3, -0.25) is 4.79 Å². The first kappa shape index (κ1) is 22.6. The Balaban J connectivity index is 1.58. The molecule has 1 spiro atoms. The van der Waals surface area contributed by atoms with Crippen LogP contribution in [0.15, 0.2) is 12.1 Å². The molecule has 0 atom stereocenters. The molecule has 9 nitrogen and oxygen atoms in total. The fourth-order valence-corrected chi connectivity index (χ4v) is 4.74. The van der Waals surface area contributed by atoms with E-state index in [0.717, 1.165) is 37.1 Å². The smallest absolute Gasteiger partial charge is 0.340 e. The van der Waals surface area contributed by atoms with Gasteiger partial charge in [-0.25, -0.2) is 4.79 Å². The zero-order valence-corrected chi connectivity index (χ0v) is 19.2. The van der Waals surface area contributed by atoms with E-state index in [1.54, 1.807) is 20.1 Å². The lowest BCUT2D eigenvalue weighted by Crippen LogP contribution is -3.14. The van der Waals surface area contributed by atoms with E-state index in [0.29, 0.717) is 42.1 Å². The number of methoxy groups -OCH3 is 1. The molecule has 9 heteroatoms. The molecule has 2 fully saturated rings. The van der Waals surface area contributed by atoms with Crippen molar-refractivity contribution in [1.29, 1.82) is 0 Å². The average Bonchev–Trinajstić information content (AvgIpc) is 3.33. The Bertz CT molecular complexity index is 1010. The van der Waals surface area contributed by atoms with Crippen molar-refractivity contribution < 1.29 is 33.4 Å². The summed E-state index contributed by atoms with van der Waals surface area (Å²) >= 11 is 0. The van der Waals surface area contributed by atoms with Gasteiger partial charge < -0.3 is 33.7 Å². The van der Waals surface area contributed by atoms with E-state index < -0.39 is 11.8 Å². The molecule has 32 heavy (non-hydrogen) atoms. The van der Waals surface area contributed by atoms with Gasteiger partial charge in [-0.2, -0.15) is 0 Å². The average molecular weight is 447 g/mol. The molecule has 2 saturated heterocycles. The van der Waals surface area contributed by atoms with Crippen LogP contribution in [0.25, 0.3) is 10.9 Å². The number of hydrogen-bond donors (Lipinski definition) is 2. The monoisotopic (exact) mass is 446 g/mol. The summed E-state index contributed by atoms with van der Waals surface area (Å²) in [5, 5.41) is 3.66. The number of quaternary nitrogens is 1. The summed E-state index contributed by atoms with van der Waals surface area (Å²) in [6, 6.07) is 3.69. The highest BCUT2D eigenvalue weighted by Gasteiger charge is 2.42. The van der Waals surface area contributed by atoms with E-state index in [9.17, 15) is 9.59 Å². The Morgan fingerprint density at radius 3 is 2.53 bits per heavy atom. The van der Waals surface area contributed by atoms with E-state index in [1.165, 1.54) is 4.90 Å². The minimum Gasteiger partial charge on any atom is -0.495 e. The minimum absolute atomic E-state index is 0.133. The van der Waals surface area contributed by atoms with Gasteiger partial charge in [0, 0.05) is 18.1 Å². The van der Waals surface area contributed by atoms with Gasteiger partial charge in [0.2, 0.25) is 0 Å². The quantitative estimate of drug-likeness (QED) is 0.644. The van der Waals surface area contributed by atoms with Gasteiger partial charge in [0.05, 0.1) is 69.6 Å². The summed E-state index contributed by atoms with van der Waals surface area (Å²) in [5.41, 5.74) is 2.54. The lowest BCUT2D eigenvalue weighted by molar-refractivity contribution is -0.900. The Morgan fingerprint density at radius 2 is 1.91 bits per heavy atom. The normalized spacial score (nSPS) is 18.2. The molecule has 0 saturated carbocycles. The molecule has 0 unspecified atom stereocenters.